The van der Waals surface area contributed by atoms with Crippen LogP contribution in [-0.4, -0.2) is 16.2 Å². The van der Waals surface area contributed by atoms with Crippen molar-refractivity contribution in [1.82, 2.24) is 0 Å². The number of aliphatic hydroxyl groups excluding tert-OH is 1. The Balaban J connectivity index is 2.57. The minimum atomic E-state index is -1.41. The van der Waals surface area contributed by atoms with Crippen molar-refractivity contribution in [2.75, 3.05) is 0 Å². The first-order valence-corrected chi connectivity index (χ1v) is 5.65. The van der Waals surface area contributed by atoms with Crippen molar-refractivity contribution >= 4 is 5.97 Å². The Kier molecular flexibility index (Phi) is 4.99. The van der Waals surface area contributed by atoms with Crippen LogP contribution in [-0.2, 0) is 11.2 Å². The first kappa shape index (κ1) is 12.7. The van der Waals surface area contributed by atoms with E-state index >= 15 is 0 Å². The molecular weight excluding hydrogens is 204 g/mol. The summed E-state index contributed by atoms with van der Waals surface area (Å²) in [4.78, 5) is 10.5. The highest BCUT2D eigenvalue weighted by molar-refractivity contribution is 5.73. The largest absolute Gasteiger partial charge is 0.479 e. The Morgan fingerprint density at radius 2 is 1.88 bits per heavy atom. The molecule has 0 aliphatic heterocycles. The van der Waals surface area contributed by atoms with E-state index < -0.39 is 12.1 Å². The Morgan fingerprint density at radius 3 is 2.38 bits per heavy atom. The number of aliphatic hydroxyl groups is 1. The monoisotopic (exact) mass is 222 g/mol. The van der Waals surface area contributed by atoms with Gasteiger partial charge in [-0.1, -0.05) is 44.0 Å². The molecule has 3 nitrogen and oxygen atoms in total. The van der Waals surface area contributed by atoms with Crippen LogP contribution in [0.4, 0.5) is 0 Å². The van der Waals surface area contributed by atoms with Gasteiger partial charge in [-0.05, 0) is 24.0 Å². The number of benzene rings is 1. The first-order chi connectivity index (χ1) is 7.65. The second-order valence-corrected chi connectivity index (χ2v) is 3.94. The van der Waals surface area contributed by atoms with E-state index in [4.69, 9.17) is 5.11 Å². The van der Waals surface area contributed by atoms with Crippen LogP contribution in [0.25, 0.3) is 0 Å². The summed E-state index contributed by atoms with van der Waals surface area (Å²) in [5.74, 6) is -1.21. The smallest absolute Gasteiger partial charge is 0.337 e. The Labute approximate surface area is 95.7 Å². The molecule has 1 rings (SSSR count). The van der Waals surface area contributed by atoms with Gasteiger partial charge in [0.05, 0.1) is 0 Å². The van der Waals surface area contributed by atoms with E-state index in [-0.39, 0.29) is 0 Å². The zero-order valence-electron chi connectivity index (χ0n) is 9.52. The van der Waals surface area contributed by atoms with Gasteiger partial charge in [-0.15, -0.1) is 0 Å². The molecule has 1 atom stereocenters. The quantitative estimate of drug-likeness (QED) is 0.727. The summed E-state index contributed by atoms with van der Waals surface area (Å²) < 4.78 is 0. The van der Waals surface area contributed by atoms with Crippen LogP contribution in [0, 0.1) is 0 Å². The summed E-state index contributed by atoms with van der Waals surface area (Å²) in [6, 6.07) is 7.13. The van der Waals surface area contributed by atoms with Gasteiger partial charge < -0.3 is 10.2 Å². The van der Waals surface area contributed by atoms with Crippen molar-refractivity contribution < 1.29 is 15.0 Å². The second kappa shape index (κ2) is 6.28. The summed E-state index contributed by atoms with van der Waals surface area (Å²) >= 11 is 0. The standard InChI is InChI=1S/C13H18O3/c1-2-3-4-5-10-6-8-11(9-7-10)12(14)13(15)16/h6-9,12,14H,2-5H2,1H3,(H,15,16). The number of carboxylic acids is 1. The molecule has 1 aromatic carbocycles. The molecule has 16 heavy (non-hydrogen) atoms. The lowest BCUT2D eigenvalue weighted by molar-refractivity contribution is -0.146. The van der Waals surface area contributed by atoms with Crippen LogP contribution < -0.4 is 0 Å². The fourth-order valence-electron chi connectivity index (χ4n) is 1.59. The molecule has 2 N–H and O–H groups in total. The maximum Gasteiger partial charge on any atom is 0.337 e. The van der Waals surface area contributed by atoms with E-state index in [1.807, 2.05) is 12.1 Å². The van der Waals surface area contributed by atoms with Gasteiger partial charge in [0, 0.05) is 0 Å². The average Bonchev–Trinajstić information content (AvgIpc) is 2.29. The third kappa shape index (κ3) is 3.66. The summed E-state index contributed by atoms with van der Waals surface area (Å²) in [5, 5.41) is 17.9. The minimum absolute atomic E-state index is 0.437. The molecule has 0 heterocycles. The predicted octanol–water partition coefficient (Wildman–Crippen LogP) is 2.54. The van der Waals surface area contributed by atoms with Gasteiger partial charge in [0.2, 0.25) is 0 Å². The van der Waals surface area contributed by atoms with Crippen LogP contribution in [0.5, 0.6) is 0 Å². The maximum absolute atomic E-state index is 10.5. The van der Waals surface area contributed by atoms with Crippen molar-refractivity contribution in [3.8, 4) is 0 Å². The molecule has 0 amide bonds. The normalized spacial score (nSPS) is 12.4. The zero-order chi connectivity index (χ0) is 12.0. The number of aliphatic carboxylic acids is 1. The Morgan fingerprint density at radius 1 is 1.25 bits per heavy atom. The van der Waals surface area contributed by atoms with E-state index in [1.54, 1.807) is 12.1 Å². The number of rotatable bonds is 6. The van der Waals surface area contributed by atoms with Crippen molar-refractivity contribution in [3.05, 3.63) is 35.4 Å². The van der Waals surface area contributed by atoms with E-state index in [9.17, 15) is 9.90 Å². The minimum Gasteiger partial charge on any atom is -0.479 e. The lowest BCUT2D eigenvalue weighted by atomic mass is 10.0. The molecule has 0 radical (unpaired) electrons. The van der Waals surface area contributed by atoms with Gasteiger partial charge in [-0.2, -0.15) is 0 Å². The molecule has 0 fully saturated rings. The predicted molar refractivity (Wildman–Crippen MR) is 62.3 cm³/mol. The van der Waals surface area contributed by atoms with E-state index in [0.717, 1.165) is 12.8 Å². The molecule has 88 valence electrons. The van der Waals surface area contributed by atoms with Gasteiger partial charge in [-0.3, -0.25) is 0 Å². The Hall–Kier alpha value is -1.35. The number of aryl methyl sites for hydroxylation is 1. The molecule has 0 aliphatic rings. The average molecular weight is 222 g/mol. The highest BCUT2D eigenvalue weighted by Gasteiger charge is 2.14. The van der Waals surface area contributed by atoms with Crippen LogP contribution in [0.1, 0.15) is 43.4 Å². The molecule has 1 aromatic rings. The number of unbranched alkanes of at least 4 members (excludes halogenated alkanes) is 2. The van der Waals surface area contributed by atoms with Gasteiger partial charge in [-0.25, -0.2) is 4.79 Å². The molecule has 0 saturated carbocycles. The van der Waals surface area contributed by atoms with E-state index in [2.05, 4.69) is 6.92 Å². The van der Waals surface area contributed by atoms with Crippen molar-refractivity contribution in [1.29, 1.82) is 0 Å². The molecule has 0 bridgehead atoms. The topological polar surface area (TPSA) is 57.5 Å². The lowest BCUT2D eigenvalue weighted by Gasteiger charge is -2.06. The summed E-state index contributed by atoms with van der Waals surface area (Å²) in [5.41, 5.74) is 1.63. The van der Waals surface area contributed by atoms with E-state index in [0.29, 0.717) is 5.56 Å². The molecule has 1 unspecified atom stereocenters. The van der Waals surface area contributed by atoms with Crippen LogP contribution in [0.2, 0.25) is 0 Å². The number of carbonyl (C=O) groups is 1. The fraction of sp³-hybridized carbons (Fsp3) is 0.462. The maximum atomic E-state index is 10.5. The van der Waals surface area contributed by atoms with Gasteiger partial charge in [0.25, 0.3) is 0 Å². The highest BCUT2D eigenvalue weighted by Crippen LogP contribution is 2.15. The Bertz CT molecular complexity index is 330. The summed E-state index contributed by atoms with van der Waals surface area (Å²) in [7, 11) is 0. The molecule has 0 aromatic heterocycles. The SMILES string of the molecule is CCCCCc1ccc(C(O)C(=O)O)cc1. The number of carboxylic acid groups (broad SMARTS) is 1. The zero-order valence-corrected chi connectivity index (χ0v) is 9.52. The van der Waals surface area contributed by atoms with Crippen LogP contribution in [0.3, 0.4) is 0 Å². The number of hydrogen-bond acceptors (Lipinski definition) is 2. The molecule has 3 heteroatoms. The van der Waals surface area contributed by atoms with Gasteiger partial charge in [0.15, 0.2) is 6.10 Å². The number of hydrogen-bond donors (Lipinski definition) is 2. The highest BCUT2D eigenvalue weighted by atomic mass is 16.4. The molecule has 0 spiro atoms. The fourth-order valence-corrected chi connectivity index (χ4v) is 1.59. The van der Waals surface area contributed by atoms with Crippen molar-refractivity contribution in [2.24, 2.45) is 0 Å². The molecule has 0 aliphatic carbocycles. The van der Waals surface area contributed by atoms with Crippen molar-refractivity contribution in [3.63, 3.8) is 0 Å². The van der Waals surface area contributed by atoms with Crippen molar-refractivity contribution in [2.45, 2.75) is 38.7 Å². The van der Waals surface area contributed by atoms with Crippen LogP contribution >= 0.6 is 0 Å². The van der Waals surface area contributed by atoms with E-state index in [1.165, 1.54) is 18.4 Å². The van der Waals surface area contributed by atoms with Gasteiger partial charge >= 0.3 is 5.97 Å². The van der Waals surface area contributed by atoms with Crippen LogP contribution in [0.15, 0.2) is 24.3 Å². The first-order valence-electron chi connectivity index (χ1n) is 5.65. The summed E-state index contributed by atoms with van der Waals surface area (Å²) in [6.07, 6.45) is 3.15. The third-order valence-corrected chi connectivity index (χ3v) is 2.60. The lowest BCUT2D eigenvalue weighted by Crippen LogP contribution is -2.10. The third-order valence-electron chi connectivity index (χ3n) is 2.60. The molecular formula is C13H18O3. The van der Waals surface area contributed by atoms with Gasteiger partial charge in [0.1, 0.15) is 0 Å². The second-order valence-electron chi connectivity index (χ2n) is 3.94. The summed E-state index contributed by atoms with van der Waals surface area (Å²) in [6.45, 7) is 2.16. The molecule has 0 saturated heterocycles.